The first-order valence-corrected chi connectivity index (χ1v) is 5.59. The van der Waals surface area contributed by atoms with Gasteiger partial charge in [-0.2, -0.15) is 5.26 Å². The summed E-state index contributed by atoms with van der Waals surface area (Å²) in [4.78, 5) is 0.524. The average molecular weight is 272 g/mol. The quantitative estimate of drug-likeness (QED) is 0.618. The minimum Gasteiger partial charge on any atom is -0.206 e. The smallest absolute Gasteiger partial charge is 0.138 e. The van der Waals surface area contributed by atoms with Crippen LogP contribution in [0.5, 0.6) is 0 Å². The second-order valence-corrected chi connectivity index (χ2v) is 4.39. The summed E-state index contributed by atoms with van der Waals surface area (Å²) in [6.07, 6.45) is 1.70. The highest BCUT2D eigenvalue weighted by molar-refractivity contribution is 9.10. The Bertz CT molecular complexity index is 398. The van der Waals surface area contributed by atoms with Crippen LogP contribution in [0.1, 0.15) is 5.56 Å². The normalized spacial score (nSPS) is 9.50. The molecule has 0 aliphatic carbocycles. The van der Waals surface area contributed by atoms with Crippen molar-refractivity contribution in [2.24, 2.45) is 0 Å². The van der Waals surface area contributed by atoms with E-state index in [2.05, 4.69) is 22.5 Å². The zero-order chi connectivity index (χ0) is 10.6. The van der Waals surface area contributed by atoms with Crippen LogP contribution in [0.2, 0.25) is 0 Å². The SMILES string of the molecule is C=CCSc1cc(Br)c(C#N)cc1F. The van der Waals surface area contributed by atoms with E-state index in [1.807, 2.05) is 6.07 Å². The molecule has 14 heavy (non-hydrogen) atoms. The van der Waals surface area contributed by atoms with Gasteiger partial charge in [0.15, 0.2) is 0 Å². The van der Waals surface area contributed by atoms with Crippen LogP contribution in [0, 0.1) is 17.1 Å². The van der Waals surface area contributed by atoms with Crippen molar-refractivity contribution in [3.8, 4) is 6.07 Å². The van der Waals surface area contributed by atoms with Crippen molar-refractivity contribution in [3.63, 3.8) is 0 Å². The number of benzene rings is 1. The maximum atomic E-state index is 13.3. The summed E-state index contributed by atoms with van der Waals surface area (Å²) in [5.74, 6) is 0.284. The van der Waals surface area contributed by atoms with E-state index in [0.717, 1.165) is 0 Å². The molecule has 0 fully saturated rings. The van der Waals surface area contributed by atoms with Crippen LogP contribution < -0.4 is 0 Å². The fraction of sp³-hybridized carbons (Fsp3) is 0.100. The van der Waals surface area contributed by atoms with Gasteiger partial charge < -0.3 is 0 Å². The molecule has 0 radical (unpaired) electrons. The van der Waals surface area contributed by atoms with Crippen molar-refractivity contribution < 1.29 is 4.39 Å². The van der Waals surface area contributed by atoms with Crippen molar-refractivity contribution >= 4 is 27.7 Å². The molecule has 0 spiro atoms. The lowest BCUT2D eigenvalue weighted by molar-refractivity contribution is 0.601. The highest BCUT2D eigenvalue weighted by atomic mass is 79.9. The molecule has 0 bridgehead atoms. The summed E-state index contributed by atoms with van der Waals surface area (Å²) >= 11 is 4.55. The maximum absolute atomic E-state index is 13.3. The Morgan fingerprint density at radius 2 is 2.36 bits per heavy atom. The van der Waals surface area contributed by atoms with Crippen molar-refractivity contribution in [3.05, 3.63) is 40.6 Å². The zero-order valence-corrected chi connectivity index (χ0v) is 9.66. The van der Waals surface area contributed by atoms with Crippen LogP contribution in [0.4, 0.5) is 4.39 Å². The molecule has 1 aromatic rings. The number of hydrogen-bond donors (Lipinski definition) is 0. The Labute approximate surface area is 94.8 Å². The van der Waals surface area contributed by atoms with Gasteiger partial charge in [0.25, 0.3) is 0 Å². The summed E-state index contributed by atoms with van der Waals surface area (Å²) in [6, 6.07) is 4.75. The third-order valence-corrected chi connectivity index (χ3v) is 3.18. The van der Waals surface area contributed by atoms with Gasteiger partial charge in [-0.3, -0.25) is 0 Å². The van der Waals surface area contributed by atoms with E-state index in [4.69, 9.17) is 5.26 Å². The first-order valence-electron chi connectivity index (χ1n) is 3.82. The van der Waals surface area contributed by atoms with E-state index >= 15 is 0 Å². The lowest BCUT2D eigenvalue weighted by Gasteiger charge is -2.02. The summed E-state index contributed by atoms with van der Waals surface area (Å²) in [5.41, 5.74) is 0.311. The molecule has 0 amide bonds. The van der Waals surface area contributed by atoms with Gasteiger partial charge in [0.2, 0.25) is 0 Å². The molecule has 0 aliphatic rings. The van der Waals surface area contributed by atoms with Gasteiger partial charge in [0, 0.05) is 15.1 Å². The first kappa shape index (κ1) is 11.3. The summed E-state index contributed by atoms with van der Waals surface area (Å²) in [7, 11) is 0. The standard InChI is InChI=1S/C10H7BrFNS/c1-2-3-14-10-5-8(11)7(6-13)4-9(10)12/h2,4-5H,1,3H2. The minimum atomic E-state index is -0.364. The molecular formula is C10H7BrFNS. The highest BCUT2D eigenvalue weighted by Gasteiger charge is 2.07. The van der Waals surface area contributed by atoms with Gasteiger partial charge in [-0.25, -0.2) is 4.39 Å². The second kappa shape index (κ2) is 5.18. The molecular weight excluding hydrogens is 265 g/mol. The molecule has 0 saturated carbocycles. The Morgan fingerprint density at radius 3 is 2.93 bits per heavy atom. The Balaban J connectivity index is 3.03. The molecule has 0 atom stereocenters. The van der Waals surface area contributed by atoms with Gasteiger partial charge in [-0.15, -0.1) is 18.3 Å². The number of thioether (sulfide) groups is 1. The molecule has 1 nitrogen and oxygen atoms in total. The molecule has 4 heteroatoms. The average Bonchev–Trinajstić information content (AvgIpc) is 2.18. The van der Waals surface area contributed by atoms with Gasteiger partial charge in [0.05, 0.1) is 5.56 Å². The molecule has 0 unspecified atom stereocenters. The van der Waals surface area contributed by atoms with Gasteiger partial charge in [-0.05, 0) is 28.1 Å². The Hall–Kier alpha value is -0.790. The number of hydrogen-bond acceptors (Lipinski definition) is 2. The van der Waals surface area contributed by atoms with E-state index in [1.165, 1.54) is 17.8 Å². The van der Waals surface area contributed by atoms with Gasteiger partial charge >= 0.3 is 0 Å². The molecule has 1 rings (SSSR count). The van der Waals surface area contributed by atoms with E-state index < -0.39 is 0 Å². The minimum absolute atomic E-state index is 0.311. The fourth-order valence-electron chi connectivity index (χ4n) is 0.874. The molecule has 0 saturated heterocycles. The molecule has 72 valence electrons. The predicted octanol–water partition coefficient (Wildman–Crippen LogP) is 3.74. The van der Waals surface area contributed by atoms with Crippen LogP contribution in [-0.4, -0.2) is 5.75 Å². The van der Waals surface area contributed by atoms with E-state index in [-0.39, 0.29) is 5.82 Å². The number of rotatable bonds is 3. The highest BCUT2D eigenvalue weighted by Crippen LogP contribution is 2.28. The van der Waals surface area contributed by atoms with Crippen LogP contribution in [0.3, 0.4) is 0 Å². The van der Waals surface area contributed by atoms with Crippen molar-refractivity contribution in [1.29, 1.82) is 5.26 Å². The van der Waals surface area contributed by atoms with Crippen LogP contribution in [0.25, 0.3) is 0 Å². The van der Waals surface area contributed by atoms with Crippen molar-refractivity contribution in [2.45, 2.75) is 4.90 Å². The summed E-state index contributed by atoms with van der Waals surface area (Å²) in [5, 5.41) is 8.64. The Morgan fingerprint density at radius 1 is 1.64 bits per heavy atom. The van der Waals surface area contributed by atoms with Gasteiger partial charge in [0.1, 0.15) is 11.9 Å². The van der Waals surface area contributed by atoms with Gasteiger partial charge in [-0.1, -0.05) is 6.08 Å². The topological polar surface area (TPSA) is 23.8 Å². The number of nitriles is 1. The van der Waals surface area contributed by atoms with E-state index in [9.17, 15) is 4.39 Å². The van der Waals surface area contributed by atoms with Crippen LogP contribution in [0.15, 0.2) is 34.2 Å². The monoisotopic (exact) mass is 271 g/mol. The van der Waals surface area contributed by atoms with E-state index in [0.29, 0.717) is 20.7 Å². The number of halogens is 2. The second-order valence-electron chi connectivity index (χ2n) is 2.47. The van der Waals surface area contributed by atoms with Crippen LogP contribution >= 0.6 is 27.7 Å². The first-order chi connectivity index (χ1) is 6.69. The molecule has 0 aliphatic heterocycles. The fourth-order valence-corrected chi connectivity index (χ4v) is 2.15. The zero-order valence-electron chi connectivity index (χ0n) is 7.26. The lowest BCUT2D eigenvalue weighted by atomic mass is 10.2. The summed E-state index contributed by atoms with van der Waals surface area (Å²) in [6.45, 7) is 3.55. The van der Waals surface area contributed by atoms with Crippen molar-refractivity contribution in [1.82, 2.24) is 0 Å². The summed E-state index contributed by atoms with van der Waals surface area (Å²) < 4.78 is 13.9. The molecule has 1 aromatic carbocycles. The number of nitrogens with zero attached hydrogens (tertiary/aromatic N) is 1. The molecule has 0 heterocycles. The van der Waals surface area contributed by atoms with Crippen LogP contribution in [-0.2, 0) is 0 Å². The third-order valence-electron chi connectivity index (χ3n) is 1.50. The molecule has 0 N–H and O–H groups in total. The third kappa shape index (κ3) is 2.60. The largest absolute Gasteiger partial charge is 0.206 e. The van der Waals surface area contributed by atoms with E-state index in [1.54, 1.807) is 12.1 Å². The predicted molar refractivity (Wildman–Crippen MR) is 59.7 cm³/mol. The maximum Gasteiger partial charge on any atom is 0.138 e. The molecule has 0 aromatic heterocycles. The lowest BCUT2D eigenvalue weighted by Crippen LogP contribution is -1.86. The van der Waals surface area contributed by atoms with Crippen molar-refractivity contribution in [2.75, 3.05) is 5.75 Å². The Kier molecular flexibility index (Phi) is 4.18.